The molecule has 3 amide bonds. The van der Waals surface area contributed by atoms with Gasteiger partial charge in [0.25, 0.3) is 17.7 Å². The zero-order valence-corrected chi connectivity index (χ0v) is 67.3. The summed E-state index contributed by atoms with van der Waals surface area (Å²) in [6.07, 6.45) is 7.21. The van der Waals surface area contributed by atoms with E-state index in [0.29, 0.717) is 105 Å². The number of hydrogen-bond donors (Lipinski definition) is 7. The van der Waals surface area contributed by atoms with Gasteiger partial charge in [0.1, 0.15) is 37.2 Å². The number of carbonyl (C=O) groups excluding carboxylic acids is 3. The predicted molar refractivity (Wildman–Crippen MR) is 429 cm³/mol. The number of aliphatic hydroxyl groups excluding tert-OH is 2. The van der Waals surface area contributed by atoms with E-state index in [1.54, 1.807) is 117 Å². The van der Waals surface area contributed by atoms with Gasteiger partial charge >= 0.3 is 0 Å². The van der Waals surface area contributed by atoms with Gasteiger partial charge < -0.3 is 51.0 Å². The van der Waals surface area contributed by atoms with E-state index in [2.05, 4.69) is 110 Å². The number of pyridine rings is 9. The minimum atomic E-state index is -0.463. The average molecular weight is 1760 g/mol. The molecule has 12 aromatic rings. The number of carbonyl (C=O) groups is 3. The van der Waals surface area contributed by atoms with Gasteiger partial charge in [0.2, 0.25) is 10.9 Å². The smallest absolute Gasteiger partial charge is 0.257 e. The molecule has 549 valence electrons. The standard InChI is InChI=1S/C21H22ClN3O3.C21H18ClN3O3.C17H13BrClN3O2.C10H9BrN2O.C6H7BrN2.2CH4.Y/c2*1-13-19-17(10-16(24-13)4-3-9-26)20(27)18(12-25(19)2)21(28)23-11-14-5-7-15(22)8-6-14;1-9-15-12(6-14(18)22-9)16(23)13(8-20-15)17(24)21-7-10-2-4-11(19)5-3-10;1-5-4-12-9-6(2)13-8(11)3-7(9)10(5)14;1-4-5(8)2-3-6(7)9-4;;;/h5-8,10,12,26H,3-4,9,11H2,1-2H3,(H,23,28);5-8,10,12,26H,9,11H2,1-2H3,(H,23,28);2-6,8H,7H2,1H3,(H2,20,21,23,24);3-4H,1-2H3,(H,12,14);2-3H,8H2,1H3;2*1H4;/p-1. The van der Waals surface area contributed by atoms with E-state index < -0.39 is 17.7 Å². The first kappa shape index (κ1) is 88.0. The molecule has 0 aliphatic heterocycles. The molecule has 12 rings (SSSR count). The third kappa shape index (κ3) is 23.2. The van der Waals surface area contributed by atoms with Crippen LogP contribution in [0.15, 0.2) is 167 Å². The zero-order chi connectivity index (χ0) is 74.9. The first-order valence-corrected chi connectivity index (χ1v) is 35.0. The number of benzene rings is 3. The van der Waals surface area contributed by atoms with Gasteiger partial charge in [-0.05, 0) is 198 Å². The number of nitrogens with one attached hydrogen (secondary N) is 4. The van der Waals surface area contributed by atoms with Gasteiger partial charge in [0.05, 0.1) is 66.7 Å². The van der Waals surface area contributed by atoms with Crippen molar-refractivity contribution in [1.29, 1.82) is 0 Å². The normalized spacial score (nSPS) is 10.3. The summed E-state index contributed by atoms with van der Waals surface area (Å²) in [5, 5.41) is 29.9. The maximum absolute atomic E-state index is 13.0. The largest absolute Gasteiger partial charge is 0.661 e. The van der Waals surface area contributed by atoms with Crippen LogP contribution in [0.25, 0.3) is 43.6 Å². The van der Waals surface area contributed by atoms with Crippen molar-refractivity contribution >= 4 is 150 Å². The quantitative estimate of drug-likeness (QED) is 0.0441. The molecular formula is C77H76Br3Cl3N13O9Y-. The van der Waals surface area contributed by atoms with Crippen molar-refractivity contribution in [2.45, 2.75) is 88.9 Å². The van der Waals surface area contributed by atoms with Crippen LogP contribution in [-0.4, -0.2) is 80.2 Å². The second-order valence-electron chi connectivity index (χ2n) is 23.3. The summed E-state index contributed by atoms with van der Waals surface area (Å²) in [6.45, 7) is 11.5. The minimum absolute atomic E-state index is 0. The van der Waals surface area contributed by atoms with Crippen molar-refractivity contribution < 1.29 is 57.3 Å². The molecule has 9 aromatic heterocycles. The Balaban J connectivity index is 0.000000246. The molecule has 0 spiro atoms. The van der Waals surface area contributed by atoms with E-state index in [1.807, 2.05) is 69.3 Å². The Morgan fingerprint density at radius 3 is 1.46 bits per heavy atom. The Bertz CT molecular complexity index is 5520. The fourth-order valence-corrected chi connectivity index (χ4v) is 12.3. The van der Waals surface area contributed by atoms with Crippen molar-refractivity contribution in [3.63, 3.8) is 0 Å². The molecule has 8 N–H and O–H groups in total. The summed E-state index contributed by atoms with van der Waals surface area (Å²) in [4.78, 5) is 116. The summed E-state index contributed by atoms with van der Waals surface area (Å²) in [5.74, 6) is 3.87. The molecule has 22 nitrogen and oxygen atoms in total. The summed E-state index contributed by atoms with van der Waals surface area (Å²) in [5.41, 5.74) is 16.1. The molecule has 0 bridgehead atoms. The Hall–Kier alpha value is -8.65. The summed E-state index contributed by atoms with van der Waals surface area (Å²) < 4.78 is 5.52. The second-order valence-corrected chi connectivity index (χ2v) is 27.0. The van der Waals surface area contributed by atoms with Crippen molar-refractivity contribution in [2.75, 3.05) is 18.9 Å². The van der Waals surface area contributed by atoms with Gasteiger partial charge in [-0.25, -0.2) is 19.9 Å². The molecule has 0 fully saturated rings. The van der Waals surface area contributed by atoms with Gasteiger partial charge in [-0.15, -0.1) is 5.52 Å². The van der Waals surface area contributed by atoms with E-state index in [-0.39, 0.29) is 106 Å². The maximum atomic E-state index is 13.0. The second kappa shape index (κ2) is 40.9. The van der Waals surface area contributed by atoms with Crippen LogP contribution >= 0.6 is 82.6 Å². The van der Waals surface area contributed by atoms with E-state index in [4.69, 9.17) is 50.7 Å². The number of fused-ring (bicyclic) bond motifs is 4. The molecule has 9 heterocycles. The number of nitrogens with two attached hydrogens (primary N) is 1. The van der Waals surface area contributed by atoms with Gasteiger partial charge in [-0.1, -0.05) is 92.0 Å². The number of aryl methyl sites for hydroxylation is 9. The Morgan fingerprint density at radius 1 is 0.547 bits per heavy atom. The Labute approximate surface area is 677 Å². The molecule has 106 heavy (non-hydrogen) atoms. The molecule has 3 aromatic carbocycles. The van der Waals surface area contributed by atoms with Crippen LogP contribution in [0, 0.1) is 53.4 Å². The fraction of sp³-hybridized carbons (Fsp3) is 0.221. The van der Waals surface area contributed by atoms with Crippen LogP contribution in [0.1, 0.15) is 114 Å². The number of aromatic amines is 1. The van der Waals surface area contributed by atoms with Gasteiger partial charge in [0, 0.05) is 129 Å². The van der Waals surface area contributed by atoms with Crippen molar-refractivity contribution in [3.8, 4) is 11.8 Å². The number of nitrogens with zero attached hydrogens (tertiary/aromatic N) is 8. The first-order valence-electron chi connectivity index (χ1n) is 31.5. The fourth-order valence-electron chi connectivity index (χ4n) is 10.6. The van der Waals surface area contributed by atoms with Crippen molar-refractivity contribution in [1.82, 2.24) is 60.0 Å². The number of anilines is 1. The van der Waals surface area contributed by atoms with Crippen LogP contribution in [-0.2, 0) is 72.9 Å². The van der Waals surface area contributed by atoms with E-state index in [0.717, 1.165) is 60.8 Å². The minimum Gasteiger partial charge on any atom is -0.661 e. The number of aromatic nitrogens is 9. The monoisotopic (exact) mass is 1760 g/mol. The van der Waals surface area contributed by atoms with E-state index in [1.165, 1.54) is 12.4 Å². The average Bonchev–Trinajstić information content (AvgIpc) is 0.780. The molecular weight excluding hydrogens is 1690 g/mol. The van der Waals surface area contributed by atoms with Crippen LogP contribution in [0.5, 0.6) is 0 Å². The SMILES string of the molecule is C.C.Cc1c[nH]c2c(C)nc(Br)cc2c1=O.Cc1nc(Br)cc2c(=O)c(C(=O)NCc3ccc(Cl)cc3)c[n-]c12.Cc1nc(Br)ccc1N.Cc1nc(C#CCO)cc2c(=O)c(C(=O)NCc3ccc(Cl)cc3)cn(C)c12.Cc1nc(CCCO)cc2c(=O)c(C(=O)NCc3ccc(Cl)cc3)cn(C)c12.[Y]. The van der Waals surface area contributed by atoms with Crippen LogP contribution in [0.2, 0.25) is 15.1 Å². The predicted octanol–water partition coefficient (Wildman–Crippen LogP) is 13.4. The molecule has 1 radical (unpaired) electrons. The molecule has 0 atom stereocenters. The zero-order valence-electron chi connectivity index (χ0n) is 57.4. The van der Waals surface area contributed by atoms with Crippen LogP contribution < -0.4 is 48.4 Å². The van der Waals surface area contributed by atoms with E-state index >= 15 is 0 Å². The van der Waals surface area contributed by atoms with Gasteiger partial charge in [-0.3, -0.25) is 38.5 Å². The summed E-state index contributed by atoms with van der Waals surface area (Å²) >= 11 is 27.3. The Kier molecular flexibility index (Phi) is 34.0. The van der Waals surface area contributed by atoms with Crippen LogP contribution in [0.4, 0.5) is 5.69 Å². The topological polar surface area (TPSA) is 326 Å². The number of rotatable bonds is 12. The third-order valence-corrected chi connectivity index (χ3v) is 17.7. The third-order valence-electron chi connectivity index (χ3n) is 15.7. The molecule has 29 heteroatoms. The summed E-state index contributed by atoms with van der Waals surface area (Å²) in [6, 6.07) is 31.6. The number of amides is 3. The van der Waals surface area contributed by atoms with E-state index in [9.17, 15) is 33.6 Å². The van der Waals surface area contributed by atoms with Crippen molar-refractivity contribution in [2.24, 2.45) is 14.1 Å². The molecule has 0 aliphatic rings. The molecule has 0 aliphatic carbocycles. The molecule has 0 unspecified atom stereocenters. The van der Waals surface area contributed by atoms with Crippen LogP contribution in [0.3, 0.4) is 0 Å². The first-order chi connectivity index (χ1) is 49.0. The number of H-pyrrole nitrogens is 1. The number of aliphatic hydroxyl groups is 2. The van der Waals surface area contributed by atoms with Gasteiger partial charge in [0.15, 0.2) is 10.9 Å². The number of halogens is 6. The molecule has 0 saturated heterocycles. The summed E-state index contributed by atoms with van der Waals surface area (Å²) in [7, 11) is 3.55. The Morgan fingerprint density at radius 2 is 0.991 bits per heavy atom. The van der Waals surface area contributed by atoms with Crippen molar-refractivity contribution in [3.05, 3.63) is 283 Å². The molecule has 0 saturated carbocycles. The number of nitrogen functional groups attached to an aromatic ring is 1. The maximum Gasteiger partial charge on any atom is 0.257 e. The van der Waals surface area contributed by atoms with Gasteiger partial charge in [-0.2, -0.15) is 6.20 Å². The number of hydrogen-bond acceptors (Lipinski definition) is 15.